The second-order valence-corrected chi connectivity index (χ2v) is 6.40. The second kappa shape index (κ2) is 8.09. The number of H-pyrrole nitrogens is 2. The maximum atomic E-state index is 12.5. The Morgan fingerprint density at radius 3 is 2.69 bits per heavy atom. The molecule has 0 bridgehead atoms. The molecule has 8 nitrogen and oxygen atoms in total. The van der Waals surface area contributed by atoms with E-state index in [9.17, 15) is 14.4 Å². The number of piperidine rings is 1. The quantitative estimate of drug-likeness (QED) is 0.810. The smallest absolute Gasteiger partial charge is 0.325 e. The van der Waals surface area contributed by atoms with Crippen LogP contribution in [0.5, 0.6) is 0 Å². The van der Waals surface area contributed by atoms with Crippen LogP contribution in [0, 0.1) is 6.92 Å². The van der Waals surface area contributed by atoms with E-state index in [1.54, 1.807) is 18.0 Å². The zero-order valence-electron chi connectivity index (χ0n) is 14.7. The van der Waals surface area contributed by atoms with Crippen LogP contribution in [-0.4, -0.2) is 45.0 Å². The van der Waals surface area contributed by atoms with Crippen LogP contribution in [0.1, 0.15) is 29.8 Å². The van der Waals surface area contributed by atoms with Crippen LogP contribution in [0.2, 0.25) is 0 Å². The Kier molecular flexibility index (Phi) is 5.62. The third kappa shape index (κ3) is 4.45. The maximum Gasteiger partial charge on any atom is 0.325 e. The van der Waals surface area contributed by atoms with E-state index >= 15 is 0 Å². The molecule has 0 saturated carbocycles. The van der Waals surface area contributed by atoms with Gasteiger partial charge in [0.2, 0.25) is 5.91 Å². The molecule has 1 saturated heterocycles. The van der Waals surface area contributed by atoms with Crippen LogP contribution in [0.25, 0.3) is 0 Å². The molecule has 1 aliphatic rings. The number of hydrogen-bond acceptors (Lipinski definition) is 5. The number of aromatic amines is 2. The number of hydrogen-bond donors (Lipinski definition) is 2. The first kappa shape index (κ1) is 18.1. The molecule has 0 unspecified atom stereocenters. The van der Waals surface area contributed by atoms with Gasteiger partial charge in [0.05, 0.1) is 24.8 Å². The molecule has 8 heteroatoms. The number of nitrogens with one attached hydrogen (secondary N) is 2. The number of carbonyl (C=O) groups excluding carboxylic acids is 1. The Hall–Kier alpha value is -2.74. The van der Waals surface area contributed by atoms with Crippen LogP contribution < -0.4 is 11.2 Å². The average Bonchev–Trinajstić information content (AvgIpc) is 2.64. The molecule has 26 heavy (non-hydrogen) atoms. The molecule has 2 aromatic rings. The molecule has 1 amide bonds. The third-order valence-corrected chi connectivity index (χ3v) is 4.57. The summed E-state index contributed by atoms with van der Waals surface area (Å²) in [4.78, 5) is 46.2. The molecule has 0 spiro atoms. The highest BCUT2D eigenvalue weighted by Gasteiger charge is 2.24. The fraction of sp³-hybridized carbons (Fsp3) is 0.444. The molecule has 0 atom stereocenters. The molecule has 0 radical (unpaired) electrons. The summed E-state index contributed by atoms with van der Waals surface area (Å²) < 4.78 is 5.87. The number of likely N-dealkylation sites (tertiary alicyclic amines) is 1. The van der Waals surface area contributed by atoms with Gasteiger partial charge >= 0.3 is 5.69 Å². The Balaban J connectivity index is 1.51. The highest BCUT2D eigenvalue weighted by molar-refractivity contribution is 5.79. The minimum Gasteiger partial charge on any atom is -0.372 e. The van der Waals surface area contributed by atoms with Crippen molar-refractivity contribution in [2.45, 2.75) is 38.9 Å². The normalized spacial score (nSPS) is 15.2. The standard InChI is InChI=1S/C18H22N4O4/c1-12-15(17(24)21-18(25)20-12)10-16(23)22-8-5-14(6-9-22)26-11-13-4-2-3-7-19-13/h2-4,7,14H,5-6,8-11H2,1H3,(H2,20,21,24,25). The van der Waals surface area contributed by atoms with Crippen LogP contribution >= 0.6 is 0 Å². The van der Waals surface area contributed by atoms with Crippen molar-refractivity contribution in [3.05, 3.63) is 62.2 Å². The zero-order valence-corrected chi connectivity index (χ0v) is 14.7. The van der Waals surface area contributed by atoms with Crippen molar-refractivity contribution >= 4 is 5.91 Å². The summed E-state index contributed by atoms with van der Waals surface area (Å²) in [5.74, 6) is -0.117. The fourth-order valence-electron chi connectivity index (χ4n) is 3.06. The van der Waals surface area contributed by atoms with Crippen molar-refractivity contribution in [3.63, 3.8) is 0 Å². The molecule has 2 aromatic heterocycles. The molecule has 0 aromatic carbocycles. The number of ether oxygens (including phenoxy) is 1. The van der Waals surface area contributed by atoms with Gasteiger partial charge in [0.15, 0.2) is 0 Å². The number of amides is 1. The number of rotatable bonds is 5. The first-order chi connectivity index (χ1) is 12.5. The molecule has 1 fully saturated rings. The molecule has 0 aliphatic carbocycles. The van der Waals surface area contributed by atoms with Crippen molar-refractivity contribution < 1.29 is 9.53 Å². The lowest BCUT2D eigenvalue weighted by atomic mass is 10.1. The molecular weight excluding hydrogens is 336 g/mol. The van der Waals surface area contributed by atoms with Gasteiger partial charge in [-0.3, -0.25) is 19.6 Å². The van der Waals surface area contributed by atoms with E-state index < -0.39 is 11.2 Å². The summed E-state index contributed by atoms with van der Waals surface area (Å²) in [5.41, 5.74) is 0.560. The average molecular weight is 358 g/mol. The van der Waals surface area contributed by atoms with E-state index in [0.29, 0.717) is 31.0 Å². The molecular formula is C18H22N4O4. The van der Waals surface area contributed by atoms with E-state index in [2.05, 4.69) is 15.0 Å². The van der Waals surface area contributed by atoms with Crippen LogP contribution in [0.15, 0.2) is 34.0 Å². The second-order valence-electron chi connectivity index (χ2n) is 6.40. The lowest BCUT2D eigenvalue weighted by Crippen LogP contribution is -2.42. The molecule has 1 aliphatic heterocycles. The lowest BCUT2D eigenvalue weighted by molar-refractivity contribution is -0.133. The van der Waals surface area contributed by atoms with Gasteiger partial charge in [-0.15, -0.1) is 0 Å². The largest absolute Gasteiger partial charge is 0.372 e. The summed E-state index contributed by atoms with van der Waals surface area (Å²) >= 11 is 0. The SMILES string of the molecule is Cc1[nH]c(=O)[nH]c(=O)c1CC(=O)N1CCC(OCc2ccccn2)CC1. The van der Waals surface area contributed by atoms with Gasteiger partial charge in [-0.2, -0.15) is 0 Å². The van der Waals surface area contributed by atoms with Gasteiger partial charge in [-0.1, -0.05) is 6.07 Å². The Bertz CT molecular complexity index is 867. The summed E-state index contributed by atoms with van der Waals surface area (Å²) in [5, 5.41) is 0. The summed E-state index contributed by atoms with van der Waals surface area (Å²) in [6, 6.07) is 5.71. The minimum atomic E-state index is -0.561. The van der Waals surface area contributed by atoms with Gasteiger partial charge in [-0.05, 0) is 31.9 Å². The number of aromatic nitrogens is 3. The molecule has 3 rings (SSSR count). The van der Waals surface area contributed by atoms with E-state index in [-0.39, 0.29) is 18.4 Å². The summed E-state index contributed by atoms with van der Waals surface area (Å²) in [7, 11) is 0. The summed E-state index contributed by atoms with van der Waals surface area (Å²) in [6.07, 6.45) is 3.32. The molecule has 138 valence electrons. The van der Waals surface area contributed by atoms with Crippen LogP contribution in [0.3, 0.4) is 0 Å². The Morgan fingerprint density at radius 2 is 2.04 bits per heavy atom. The van der Waals surface area contributed by atoms with E-state index in [1.165, 1.54) is 0 Å². The number of aryl methyl sites for hydroxylation is 1. The highest BCUT2D eigenvalue weighted by atomic mass is 16.5. The zero-order chi connectivity index (χ0) is 18.5. The Morgan fingerprint density at radius 1 is 1.27 bits per heavy atom. The van der Waals surface area contributed by atoms with Gasteiger partial charge in [0.25, 0.3) is 5.56 Å². The van der Waals surface area contributed by atoms with Gasteiger partial charge in [-0.25, -0.2) is 4.79 Å². The van der Waals surface area contributed by atoms with Crippen molar-refractivity contribution in [1.29, 1.82) is 0 Å². The van der Waals surface area contributed by atoms with Crippen molar-refractivity contribution in [3.8, 4) is 0 Å². The molecule has 3 heterocycles. The van der Waals surface area contributed by atoms with Gasteiger partial charge < -0.3 is 14.6 Å². The lowest BCUT2D eigenvalue weighted by Gasteiger charge is -2.32. The van der Waals surface area contributed by atoms with Crippen LogP contribution in [-0.2, 0) is 22.6 Å². The van der Waals surface area contributed by atoms with Crippen molar-refractivity contribution in [2.24, 2.45) is 0 Å². The minimum absolute atomic E-state index is 0.0165. The van der Waals surface area contributed by atoms with Crippen molar-refractivity contribution in [1.82, 2.24) is 19.9 Å². The highest BCUT2D eigenvalue weighted by Crippen LogP contribution is 2.16. The number of pyridine rings is 1. The number of nitrogens with zero attached hydrogens (tertiary/aromatic N) is 2. The van der Waals surface area contributed by atoms with E-state index in [1.807, 2.05) is 18.2 Å². The molecule has 2 N–H and O–H groups in total. The monoisotopic (exact) mass is 358 g/mol. The third-order valence-electron chi connectivity index (χ3n) is 4.57. The predicted octanol–water partition coefficient (Wildman–Crippen LogP) is 0.517. The van der Waals surface area contributed by atoms with Gasteiger partial charge in [0.1, 0.15) is 0 Å². The van der Waals surface area contributed by atoms with Gasteiger partial charge in [0, 0.05) is 30.5 Å². The van der Waals surface area contributed by atoms with E-state index in [4.69, 9.17) is 4.74 Å². The topological polar surface area (TPSA) is 108 Å². The van der Waals surface area contributed by atoms with E-state index in [0.717, 1.165) is 18.5 Å². The van der Waals surface area contributed by atoms with Crippen LogP contribution in [0.4, 0.5) is 0 Å². The Labute approximate surface area is 150 Å². The number of carbonyl (C=O) groups is 1. The first-order valence-electron chi connectivity index (χ1n) is 8.64. The van der Waals surface area contributed by atoms with Crippen molar-refractivity contribution in [2.75, 3.05) is 13.1 Å². The summed E-state index contributed by atoms with van der Waals surface area (Å²) in [6.45, 7) is 3.26. The first-order valence-corrected chi connectivity index (χ1v) is 8.64. The fourth-order valence-corrected chi connectivity index (χ4v) is 3.06. The maximum absolute atomic E-state index is 12.5. The predicted molar refractivity (Wildman–Crippen MR) is 94.8 cm³/mol.